The van der Waals surface area contributed by atoms with E-state index in [1.165, 1.54) is 25.7 Å². The van der Waals surface area contributed by atoms with Crippen LogP contribution in [-0.4, -0.2) is 11.0 Å². The zero-order valence-corrected chi connectivity index (χ0v) is 12.5. The molecule has 2 aliphatic rings. The molecular formula is C17H19ClN2. The van der Waals surface area contributed by atoms with Crippen LogP contribution in [-0.2, 0) is 0 Å². The molecular weight excluding hydrogens is 268 g/mol. The average Bonchev–Trinajstić information content (AvgIpc) is 3.06. The molecule has 0 saturated heterocycles. The van der Waals surface area contributed by atoms with Gasteiger partial charge >= 0.3 is 0 Å². The van der Waals surface area contributed by atoms with Gasteiger partial charge in [0.15, 0.2) is 0 Å². The highest BCUT2D eigenvalue weighted by molar-refractivity contribution is 6.35. The molecule has 1 aromatic heterocycles. The van der Waals surface area contributed by atoms with Crippen LogP contribution in [0.15, 0.2) is 24.4 Å². The Hall–Kier alpha value is -1.28. The summed E-state index contributed by atoms with van der Waals surface area (Å²) in [5.41, 5.74) is 3.28. The lowest BCUT2D eigenvalue weighted by Gasteiger charge is -2.25. The van der Waals surface area contributed by atoms with Crippen LogP contribution >= 0.6 is 11.6 Å². The van der Waals surface area contributed by atoms with Crippen LogP contribution in [0.5, 0.6) is 0 Å². The Morgan fingerprint density at radius 3 is 2.95 bits per heavy atom. The van der Waals surface area contributed by atoms with E-state index in [-0.39, 0.29) is 0 Å². The first-order valence-corrected chi connectivity index (χ1v) is 7.90. The lowest BCUT2D eigenvalue weighted by molar-refractivity contribution is 0.440. The minimum Gasteiger partial charge on any atom is -0.380 e. The molecule has 3 unspecified atom stereocenters. The second-order valence-corrected chi connectivity index (χ2v) is 6.78. The summed E-state index contributed by atoms with van der Waals surface area (Å²) in [7, 11) is 0. The number of rotatable bonds is 2. The van der Waals surface area contributed by atoms with E-state index in [1.807, 2.05) is 18.3 Å². The van der Waals surface area contributed by atoms with E-state index < -0.39 is 0 Å². The van der Waals surface area contributed by atoms with Gasteiger partial charge in [0.2, 0.25) is 0 Å². The number of halogens is 1. The molecule has 1 heterocycles. The molecule has 20 heavy (non-hydrogen) atoms. The summed E-state index contributed by atoms with van der Waals surface area (Å²) >= 11 is 6.50. The van der Waals surface area contributed by atoms with Crippen molar-refractivity contribution in [3.63, 3.8) is 0 Å². The maximum absolute atomic E-state index is 6.50. The van der Waals surface area contributed by atoms with Crippen molar-refractivity contribution in [1.29, 1.82) is 0 Å². The SMILES string of the molecule is Cc1cc(Cl)c(NC2CC3CCC2C3)c2cccnc12. The van der Waals surface area contributed by atoms with Gasteiger partial charge < -0.3 is 5.32 Å². The predicted octanol–water partition coefficient (Wildman–Crippen LogP) is 4.80. The van der Waals surface area contributed by atoms with E-state index in [0.29, 0.717) is 6.04 Å². The van der Waals surface area contributed by atoms with E-state index in [0.717, 1.165) is 39.0 Å². The summed E-state index contributed by atoms with van der Waals surface area (Å²) in [5, 5.41) is 5.72. The Balaban J connectivity index is 1.76. The summed E-state index contributed by atoms with van der Waals surface area (Å²) in [6.07, 6.45) is 7.35. The third-order valence-electron chi connectivity index (χ3n) is 5.10. The van der Waals surface area contributed by atoms with Gasteiger partial charge in [-0.15, -0.1) is 0 Å². The fourth-order valence-electron chi connectivity index (χ4n) is 4.13. The lowest BCUT2D eigenvalue weighted by atomic mass is 9.95. The molecule has 0 aliphatic heterocycles. The maximum Gasteiger partial charge on any atom is 0.0752 e. The summed E-state index contributed by atoms with van der Waals surface area (Å²) < 4.78 is 0. The molecule has 0 amide bonds. The molecule has 1 aromatic carbocycles. The molecule has 0 spiro atoms. The van der Waals surface area contributed by atoms with Crippen LogP contribution in [0.3, 0.4) is 0 Å². The topological polar surface area (TPSA) is 24.9 Å². The highest BCUT2D eigenvalue weighted by Gasteiger charge is 2.39. The number of pyridine rings is 1. The van der Waals surface area contributed by atoms with Crippen molar-refractivity contribution in [1.82, 2.24) is 4.98 Å². The Kier molecular flexibility index (Phi) is 2.88. The number of benzene rings is 1. The highest BCUT2D eigenvalue weighted by Crippen LogP contribution is 2.46. The molecule has 2 saturated carbocycles. The first kappa shape index (κ1) is 12.5. The number of nitrogens with one attached hydrogen (secondary N) is 1. The number of aryl methyl sites for hydroxylation is 1. The molecule has 4 rings (SSSR count). The molecule has 3 heteroatoms. The molecule has 2 bridgehead atoms. The number of anilines is 1. The maximum atomic E-state index is 6.50. The predicted molar refractivity (Wildman–Crippen MR) is 84.3 cm³/mol. The molecule has 2 nitrogen and oxygen atoms in total. The van der Waals surface area contributed by atoms with Gasteiger partial charge in [0.25, 0.3) is 0 Å². The van der Waals surface area contributed by atoms with E-state index in [1.54, 1.807) is 0 Å². The van der Waals surface area contributed by atoms with Crippen molar-refractivity contribution in [3.05, 3.63) is 35.0 Å². The minimum atomic E-state index is 0.595. The minimum absolute atomic E-state index is 0.595. The van der Waals surface area contributed by atoms with E-state index >= 15 is 0 Å². The Morgan fingerprint density at radius 1 is 1.30 bits per heavy atom. The van der Waals surface area contributed by atoms with Gasteiger partial charge in [-0.1, -0.05) is 18.0 Å². The number of aromatic nitrogens is 1. The monoisotopic (exact) mass is 286 g/mol. The van der Waals surface area contributed by atoms with Crippen molar-refractivity contribution >= 4 is 28.2 Å². The van der Waals surface area contributed by atoms with Crippen LogP contribution < -0.4 is 5.32 Å². The third kappa shape index (κ3) is 1.89. The van der Waals surface area contributed by atoms with E-state index in [2.05, 4.69) is 23.3 Å². The first-order chi connectivity index (χ1) is 9.72. The number of fused-ring (bicyclic) bond motifs is 3. The largest absolute Gasteiger partial charge is 0.380 e. The zero-order chi connectivity index (χ0) is 13.7. The molecule has 2 aromatic rings. The van der Waals surface area contributed by atoms with Crippen molar-refractivity contribution < 1.29 is 0 Å². The molecule has 0 radical (unpaired) electrons. The van der Waals surface area contributed by atoms with E-state index in [4.69, 9.17) is 11.6 Å². The van der Waals surface area contributed by atoms with Crippen molar-refractivity contribution in [2.75, 3.05) is 5.32 Å². The molecule has 2 aliphatic carbocycles. The van der Waals surface area contributed by atoms with Crippen LogP contribution in [0.1, 0.15) is 31.2 Å². The standard InChI is InChI=1S/C17H19ClN2/c1-10-7-14(18)17(13-3-2-6-19-16(10)13)20-15-9-11-4-5-12(15)8-11/h2-3,6-7,11-12,15,20H,4-5,8-9H2,1H3. The van der Waals surface area contributed by atoms with Gasteiger partial charge in [0, 0.05) is 17.6 Å². The zero-order valence-electron chi connectivity index (χ0n) is 11.7. The smallest absolute Gasteiger partial charge is 0.0752 e. The van der Waals surface area contributed by atoms with Gasteiger partial charge in [0.05, 0.1) is 16.2 Å². The number of hydrogen-bond donors (Lipinski definition) is 1. The highest BCUT2D eigenvalue weighted by atomic mass is 35.5. The summed E-state index contributed by atoms with van der Waals surface area (Å²) in [4.78, 5) is 4.51. The Labute approximate surface area is 124 Å². The van der Waals surface area contributed by atoms with Gasteiger partial charge in [-0.25, -0.2) is 0 Å². The van der Waals surface area contributed by atoms with Gasteiger partial charge in [0.1, 0.15) is 0 Å². The van der Waals surface area contributed by atoms with E-state index in [9.17, 15) is 0 Å². The van der Waals surface area contributed by atoms with Gasteiger partial charge in [-0.3, -0.25) is 4.98 Å². The lowest BCUT2D eigenvalue weighted by Crippen LogP contribution is -2.26. The fourth-order valence-corrected chi connectivity index (χ4v) is 4.45. The summed E-state index contributed by atoms with van der Waals surface area (Å²) in [6.45, 7) is 2.07. The third-order valence-corrected chi connectivity index (χ3v) is 5.40. The van der Waals surface area contributed by atoms with Crippen LogP contribution in [0.4, 0.5) is 5.69 Å². The second kappa shape index (κ2) is 4.63. The Morgan fingerprint density at radius 2 is 2.20 bits per heavy atom. The summed E-state index contributed by atoms with van der Waals surface area (Å²) in [5.74, 6) is 1.77. The van der Waals surface area contributed by atoms with Crippen LogP contribution in [0.25, 0.3) is 10.9 Å². The second-order valence-electron chi connectivity index (χ2n) is 6.38. The normalized spacial score (nSPS) is 28.2. The van der Waals surface area contributed by atoms with Gasteiger partial charge in [-0.05, 0) is 61.8 Å². The van der Waals surface area contributed by atoms with Gasteiger partial charge in [-0.2, -0.15) is 0 Å². The van der Waals surface area contributed by atoms with Crippen LogP contribution in [0.2, 0.25) is 5.02 Å². The van der Waals surface area contributed by atoms with Crippen molar-refractivity contribution in [3.8, 4) is 0 Å². The van der Waals surface area contributed by atoms with Crippen LogP contribution in [0, 0.1) is 18.8 Å². The molecule has 2 fully saturated rings. The first-order valence-electron chi connectivity index (χ1n) is 7.52. The summed E-state index contributed by atoms with van der Waals surface area (Å²) in [6, 6.07) is 6.74. The number of hydrogen-bond acceptors (Lipinski definition) is 2. The fraction of sp³-hybridized carbons (Fsp3) is 0.471. The molecule has 1 N–H and O–H groups in total. The molecule has 3 atom stereocenters. The molecule has 104 valence electrons. The average molecular weight is 287 g/mol. The Bertz CT molecular complexity index is 667. The van der Waals surface area contributed by atoms with Crippen molar-refractivity contribution in [2.24, 2.45) is 11.8 Å². The van der Waals surface area contributed by atoms with Crippen molar-refractivity contribution in [2.45, 2.75) is 38.6 Å². The quantitative estimate of drug-likeness (QED) is 0.858. The number of nitrogens with zero attached hydrogens (tertiary/aromatic N) is 1.